The lowest BCUT2D eigenvalue weighted by Gasteiger charge is -2.33. The lowest BCUT2D eigenvalue weighted by atomic mass is 10.5. The van der Waals surface area contributed by atoms with E-state index >= 15 is 0 Å². The molecule has 0 saturated heterocycles. The molecule has 0 fully saturated rings. The van der Waals surface area contributed by atoms with Gasteiger partial charge in [-0.3, -0.25) is 0 Å². The van der Waals surface area contributed by atoms with Gasteiger partial charge in [0.15, 0.2) is 16.6 Å². The van der Waals surface area contributed by atoms with E-state index in [1.54, 1.807) is 0 Å². The van der Waals surface area contributed by atoms with Crippen LogP contribution in [0.25, 0.3) is 0 Å². The fourth-order valence-corrected chi connectivity index (χ4v) is 18.4. The van der Waals surface area contributed by atoms with Crippen LogP contribution in [0.1, 0.15) is 40.0 Å². The smallest absolute Gasteiger partial charge is 0.186 e. The van der Waals surface area contributed by atoms with Gasteiger partial charge >= 0.3 is 0 Å². The van der Waals surface area contributed by atoms with Gasteiger partial charge < -0.3 is 13.6 Å². The highest BCUT2D eigenvalue weighted by molar-refractivity contribution is 6.84. The Morgan fingerprint density at radius 2 is 1.15 bits per heavy atom. The maximum Gasteiger partial charge on any atom is 0.186 e. The van der Waals surface area contributed by atoms with E-state index < -0.39 is 40.9 Å². The molecular formula is C26H66O3Si5. The summed E-state index contributed by atoms with van der Waals surface area (Å²) in [6.07, 6.45) is 5.80. The van der Waals surface area contributed by atoms with E-state index in [-0.39, 0.29) is 0 Å². The van der Waals surface area contributed by atoms with Gasteiger partial charge in [0, 0.05) is 33.7 Å². The van der Waals surface area contributed by atoms with Crippen molar-refractivity contribution in [3.8, 4) is 0 Å². The van der Waals surface area contributed by atoms with Gasteiger partial charge in [-0.05, 0) is 51.6 Å². The zero-order valence-electron chi connectivity index (χ0n) is 26.2. The van der Waals surface area contributed by atoms with Crippen LogP contribution in [0.15, 0.2) is 0 Å². The third-order valence-electron chi connectivity index (χ3n) is 6.35. The first-order valence-corrected chi connectivity index (χ1v) is 30.9. The van der Waals surface area contributed by atoms with E-state index in [1.807, 2.05) is 0 Å². The lowest BCUT2D eigenvalue weighted by Crippen LogP contribution is -2.42. The minimum absolute atomic E-state index is 0.927. The molecule has 0 amide bonds. The zero-order valence-corrected chi connectivity index (χ0v) is 31.2. The molecule has 0 bridgehead atoms. The van der Waals surface area contributed by atoms with E-state index in [9.17, 15) is 0 Å². The highest BCUT2D eigenvalue weighted by Gasteiger charge is 2.31. The molecule has 0 spiro atoms. The maximum absolute atomic E-state index is 6.27. The molecule has 208 valence electrons. The van der Waals surface area contributed by atoms with E-state index in [0.29, 0.717) is 0 Å². The predicted octanol–water partition coefficient (Wildman–Crippen LogP) is 9.50. The van der Waals surface area contributed by atoms with Crippen molar-refractivity contribution in [2.24, 2.45) is 0 Å². The number of ether oxygens (including phenoxy) is 1. The lowest BCUT2D eigenvalue weighted by molar-refractivity contribution is 0.135. The fourth-order valence-electron chi connectivity index (χ4n) is 3.49. The maximum atomic E-state index is 6.27. The average molecular weight is 567 g/mol. The van der Waals surface area contributed by atoms with Crippen molar-refractivity contribution in [3.05, 3.63) is 0 Å². The first-order valence-electron chi connectivity index (χ1n) is 14.2. The van der Waals surface area contributed by atoms with Crippen molar-refractivity contribution < 1.29 is 13.6 Å². The van der Waals surface area contributed by atoms with Crippen LogP contribution < -0.4 is 0 Å². The predicted molar refractivity (Wildman–Crippen MR) is 171 cm³/mol. The Bertz CT molecular complexity index is 502. The van der Waals surface area contributed by atoms with Crippen molar-refractivity contribution in [2.75, 3.05) is 25.7 Å². The Hall–Kier alpha value is 0.964. The molecule has 0 aromatic carbocycles. The van der Waals surface area contributed by atoms with Crippen molar-refractivity contribution in [1.29, 1.82) is 0 Å². The van der Waals surface area contributed by atoms with Gasteiger partial charge in [-0.25, -0.2) is 0 Å². The largest absolute Gasteiger partial charge is 0.421 e. The van der Waals surface area contributed by atoms with Gasteiger partial charge in [0.2, 0.25) is 0 Å². The SMILES string of the molecule is CCCOCCC[Si](C)(C)CC[Si](C)(CC)CO[Si](C)(C)C.CCC[Si](C)(C)OC[Si](C)(C)C. The molecule has 0 N–H and O–H groups in total. The van der Waals surface area contributed by atoms with Crippen molar-refractivity contribution >= 4 is 40.9 Å². The first-order chi connectivity index (χ1) is 15.3. The third-order valence-corrected chi connectivity index (χ3v) is 19.4. The molecule has 0 rings (SSSR count). The fraction of sp³-hybridized carbons (Fsp3) is 1.00. The normalized spacial score (nSPS) is 15.0. The van der Waals surface area contributed by atoms with E-state index in [2.05, 4.69) is 92.8 Å². The van der Waals surface area contributed by atoms with Gasteiger partial charge in [-0.15, -0.1) is 0 Å². The molecule has 0 aliphatic rings. The highest BCUT2D eigenvalue weighted by Crippen LogP contribution is 2.27. The number of rotatable bonds is 18. The summed E-state index contributed by atoms with van der Waals surface area (Å²) in [7, 11) is -5.87. The van der Waals surface area contributed by atoms with Gasteiger partial charge in [0.1, 0.15) is 0 Å². The summed E-state index contributed by atoms with van der Waals surface area (Å²) < 4.78 is 17.9. The van der Waals surface area contributed by atoms with Crippen LogP contribution in [0.2, 0.25) is 102 Å². The second-order valence-electron chi connectivity index (χ2n) is 14.3. The molecule has 0 saturated carbocycles. The molecule has 1 atom stereocenters. The summed E-state index contributed by atoms with van der Waals surface area (Å²) in [5, 5.41) is 0. The van der Waals surface area contributed by atoms with E-state index in [0.717, 1.165) is 32.1 Å². The van der Waals surface area contributed by atoms with Crippen molar-refractivity contribution in [2.45, 2.75) is 142 Å². The summed E-state index contributed by atoms with van der Waals surface area (Å²) >= 11 is 0. The minimum Gasteiger partial charge on any atom is -0.421 e. The molecule has 8 heteroatoms. The molecule has 0 radical (unpaired) electrons. The Morgan fingerprint density at radius 1 is 0.559 bits per heavy atom. The van der Waals surface area contributed by atoms with Crippen LogP contribution in [0, 0.1) is 0 Å². The van der Waals surface area contributed by atoms with Crippen LogP contribution in [-0.2, 0) is 13.6 Å². The van der Waals surface area contributed by atoms with E-state index in [4.69, 9.17) is 13.6 Å². The minimum atomic E-state index is -1.36. The van der Waals surface area contributed by atoms with Crippen LogP contribution in [0.4, 0.5) is 0 Å². The van der Waals surface area contributed by atoms with Crippen molar-refractivity contribution in [3.63, 3.8) is 0 Å². The van der Waals surface area contributed by atoms with Crippen molar-refractivity contribution in [1.82, 2.24) is 0 Å². The second-order valence-corrected chi connectivity index (χ2v) is 39.0. The molecule has 0 heterocycles. The Morgan fingerprint density at radius 3 is 1.59 bits per heavy atom. The molecule has 0 aromatic rings. The molecule has 34 heavy (non-hydrogen) atoms. The Kier molecular flexibility index (Phi) is 19.1. The summed E-state index contributed by atoms with van der Waals surface area (Å²) in [5.41, 5.74) is 0. The molecule has 0 aromatic heterocycles. The van der Waals surface area contributed by atoms with Crippen LogP contribution in [0.5, 0.6) is 0 Å². The second kappa shape index (κ2) is 17.5. The quantitative estimate of drug-likeness (QED) is 0.122. The van der Waals surface area contributed by atoms with Gasteiger partial charge in [0.25, 0.3) is 0 Å². The summed E-state index contributed by atoms with van der Waals surface area (Å²) in [6.45, 7) is 35.1. The molecule has 3 nitrogen and oxygen atoms in total. The number of hydrogen-bond donors (Lipinski definition) is 0. The zero-order chi connectivity index (χ0) is 27.1. The summed E-state index contributed by atoms with van der Waals surface area (Å²) in [4.78, 5) is 0. The molecule has 0 aliphatic heterocycles. The van der Waals surface area contributed by atoms with Gasteiger partial charge in [-0.1, -0.05) is 90.7 Å². The molecule has 1 unspecified atom stereocenters. The average Bonchev–Trinajstić information content (AvgIpc) is 2.69. The Labute approximate surface area is 221 Å². The Balaban J connectivity index is 0. The monoisotopic (exact) mass is 566 g/mol. The van der Waals surface area contributed by atoms with Gasteiger partial charge in [-0.2, -0.15) is 0 Å². The molecular weight excluding hydrogens is 501 g/mol. The van der Waals surface area contributed by atoms with Gasteiger partial charge in [0.05, 0.1) is 16.1 Å². The summed E-state index contributed by atoms with van der Waals surface area (Å²) in [5.74, 6) is 0. The van der Waals surface area contributed by atoms with E-state index in [1.165, 1.54) is 43.1 Å². The van der Waals surface area contributed by atoms with Crippen LogP contribution in [-0.4, -0.2) is 66.5 Å². The first kappa shape index (κ1) is 37.1. The van der Waals surface area contributed by atoms with Crippen LogP contribution >= 0.6 is 0 Å². The molecule has 0 aliphatic carbocycles. The third kappa shape index (κ3) is 24.6. The number of hydrogen-bond acceptors (Lipinski definition) is 3. The summed E-state index contributed by atoms with van der Waals surface area (Å²) in [6, 6.07) is 7.02. The standard InChI is InChI=1S/C17H42O2Si3.C9H24OSi2/c1-9-12-18-13-11-14-21(6,7)15-16-22(8,10-2)17-19-20(3,4)5;1-7-8-12(5,6)10-9-11(2,3)4/h9-17H2,1-8H3;7-9H2,1-6H3. The van der Waals surface area contributed by atoms with Crippen LogP contribution in [0.3, 0.4) is 0 Å². The highest BCUT2D eigenvalue weighted by atomic mass is 28.4. The topological polar surface area (TPSA) is 27.7 Å².